The molecule has 78 valence electrons. The van der Waals surface area contributed by atoms with Gasteiger partial charge >= 0.3 is 0 Å². The first-order valence-electron chi connectivity index (χ1n) is 4.10. The lowest BCUT2D eigenvalue weighted by atomic mass is 10.0. The van der Waals surface area contributed by atoms with Crippen LogP contribution in [0.3, 0.4) is 0 Å². The van der Waals surface area contributed by atoms with E-state index in [2.05, 4.69) is 0 Å². The lowest BCUT2D eigenvalue weighted by molar-refractivity contribution is 0.101. The quantitative estimate of drug-likeness (QED) is 0.601. The fourth-order valence-electron chi connectivity index (χ4n) is 1.15. The smallest absolute Gasteiger partial charge is 0.265 e. The van der Waals surface area contributed by atoms with Gasteiger partial charge in [-0.2, -0.15) is 5.26 Å². The van der Waals surface area contributed by atoms with Crippen molar-refractivity contribution >= 4 is 11.5 Å². The lowest BCUT2D eigenvalue weighted by Crippen LogP contribution is -2.03. The number of alkyl halides is 2. The van der Waals surface area contributed by atoms with Crippen molar-refractivity contribution in [3.8, 4) is 6.07 Å². The van der Waals surface area contributed by atoms with E-state index in [1.807, 2.05) is 0 Å². The molecule has 1 rings (SSSR count). The van der Waals surface area contributed by atoms with Gasteiger partial charge in [0.15, 0.2) is 5.78 Å². The second kappa shape index (κ2) is 4.05. The molecule has 0 fully saturated rings. The molecule has 15 heavy (non-hydrogen) atoms. The Morgan fingerprint density at radius 2 is 2.13 bits per heavy atom. The second-order valence-electron chi connectivity index (χ2n) is 3.00. The summed E-state index contributed by atoms with van der Waals surface area (Å²) in [6.07, 6.45) is -2.80. The topological polar surface area (TPSA) is 66.9 Å². The highest BCUT2D eigenvalue weighted by atomic mass is 19.3. The van der Waals surface area contributed by atoms with E-state index in [0.717, 1.165) is 6.07 Å². The molecule has 1 aromatic carbocycles. The number of hydrogen-bond acceptors (Lipinski definition) is 3. The third-order valence-electron chi connectivity index (χ3n) is 1.97. The Morgan fingerprint density at radius 3 is 2.53 bits per heavy atom. The molecule has 0 spiro atoms. The highest BCUT2D eigenvalue weighted by Gasteiger charge is 2.17. The molecule has 0 radical (unpaired) electrons. The van der Waals surface area contributed by atoms with Crippen LogP contribution in [-0.4, -0.2) is 5.78 Å². The molecule has 0 bridgehead atoms. The van der Waals surface area contributed by atoms with Gasteiger partial charge in [0.05, 0.1) is 11.3 Å². The maximum Gasteiger partial charge on any atom is 0.265 e. The molecule has 1 aromatic rings. The number of Topliss-reactive ketones (excluding diaryl/α,β-unsaturated/α-hetero) is 1. The summed E-state index contributed by atoms with van der Waals surface area (Å²) >= 11 is 0. The van der Waals surface area contributed by atoms with Gasteiger partial charge in [0.25, 0.3) is 6.43 Å². The van der Waals surface area contributed by atoms with Crippen molar-refractivity contribution in [3.05, 3.63) is 28.8 Å². The van der Waals surface area contributed by atoms with E-state index in [4.69, 9.17) is 11.0 Å². The monoisotopic (exact) mass is 210 g/mol. The first kappa shape index (κ1) is 11.1. The van der Waals surface area contributed by atoms with E-state index in [-0.39, 0.29) is 22.6 Å². The van der Waals surface area contributed by atoms with Crippen molar-refractivity contribution in [1.82, 2.24) is 0 Å². The van der Waals surface area contributed by atoms with Crippen molar-refractivity contribution in [2.24, 2.45) is 0 Å². The minimum Gasteiger partial charge on any atom is -0.397 e. The second-order valence-corrected chi connectivity index (χ2v) is 3.00. The molecule has 0 aliphatic rings. The fourth-order valence-corrected chi connectivity index (χ4v) is 1.15. The van der Waals surface area contributed by atoms with Crippen LogP contribution in [0.5, 0.6) is 0 Å². The molecular weight excluding hydrogens is 202 g/mol. The van der Waals surface area contributed by atoms with Crippen molar-refractivity contribution in [2.45, 2.75) is 13.3 Å². The van der Waals surface area contributed by atoms with E-state index >= 15 is 0 Å². The molecule has 0 atom stereocenters. The van der Waals surface area contributed by atoms with Crippen LogP contribution < -0.4 is 5.73 Å². The Hall–Kier alpha value is -1.96. The SMILES string of the molecule is CC(=O)c1cc(C#N)c(N)c(C(F)F)c1. The zero-order valence-electron chi connectivity index (χ0n) is 7.92. The van der Waals surface area contributed by atoms with E-state index in [1.54, 1.807) is 6.07 Å². The molecule has 0 aliphatic heterocycles. The summed E-state index contributed by atoms with van der Waals surface area (Å²) in [6.45, 7) is 1.24. The van der Waals surface area contributed by atoms with Gasteiger partial charge in [0, 0.05) is 11.1 Å². The average Bonchev–Trinajstić information content (AvgIpc) is 2.17. The standard InChI is InChI=1S/C10H8F2N2O/c1-5(15)6-2-7(4-13)9(14)8(3-6)10(11)12/h2-3,10H,14H2,1H3. The number of ketones is 1. The minimum atomic E-state index is -2.80. The number of nitriles is 1. The summed E-state index contributed by atoms with van der Waals surface area (Å²) < 4.78 is 25.0. The van der Waals surface area contributed by atoms with Gasteiger partial charge < -0.3 is 5.73 Å². The van der Waals surface area contributed by atoms with Crippen molar-refractivity contribution in [2.75, 3.05) is 5.73 Å². The summed E-state index contributed by atoms with van der Waals surface area (Å²) in [5.74, 6) is -0.381. The van der Waals surface area contributed by atoms with Crippen molar-refractivity contribution in [3.63, 3.8) is 0 Å². The minimum absolute atomic E-state index is 0.0658. The summed E-state index contributed by atoms with van der Waals surface area (Å²) in [4.78, 5) is 11.0. The first-order chi connectivity index (χ1) is 6.97. The zero-order valence-corrected chi connectivity index (χ0v) is 7.92. The molecule has 5 heteroatoms. The number of nitrogen functional groups attached to an aromatic ring is 1. The van der Waals surface area contributed by atoms with Crippen LogP contribution in [0.15, 0.2) is 12.1 Å². The summed E-state index contributed by atoms with van der Waals surface area (Å²) in [6, 6.07) is 3.90. The van der Waals surface area contributed by atoms with Crippen LogP contribution in [0.2, 0.25) is 0 Å². The van der Waals surface area contributed by atoms with Gasteiger partial charge in [-0.15, -0.1) is 0 Å². The molecule has 0 amide bonds. The molecule has 0 saturated carbocycles. The van der Waals surface area contributed by atoms with Gasteiger partial charge in [0.2, 0.25) is 0 Å². The number of rotatable bonds is 2. The third-order valence-corrected chi connectivity index (χ3v) is 1.97. The van der Waals surface area contributed by atoms with Gasteiger partial charge in [0.1, 0.15) is 6.07 Å². The first-order valence-corrected chi connectivity index (χ1v) is 4.10. The van der Waals surface area contributed by atoms with Crippen LogP contribution in [0.1, 0.15) is 34.8 Å². The molecule has 0 unspecified atom stereocenters. The number of carbonyl (C=O) groups is 1. The number of halogens is 2. The van der Waals surface area contributed by atoms with Crippen LogP contribution >= 0.6 is 0 Å². The largest absolute Gasteiger partial charge is 0.397 e. The normalized spacial score (nSPS) is 10.1. The molecule has 0 heterocycles. The number of carbonyl (C=O) groups excluding carboxylic acids is 1. The Labute approximate surface area is 85.1 Å². The maximum atomic E-state index is 12.5. The summed E-state index contributed by atoms with van der Waals surface area (Å²) in [5, 5.41) is 8.64. The Morgan fingerprint density at radius 1 is 1.53 bits per heavy atom. The van der Waals surface area contributed by atoms with Crippen LogP contribution in [-0.2, 0) is 0 Å². The molecule has 2 N–H and O–H groups in total. The predicted molar refractivity (Wildman–Crippen MR) is 50.5 cm³/mol. The van der Waals surface area contributed by atoms with Crippen molar-refractivity contribution < 1.29 is 13.6 Å². The number of hydrogen-bond donors (Lipinski definition) is 1. The maximum absolute atomic E-state index is 12.5. The van der Waals surface area contributed by atoms with Crippen molar-refractivity contribution in [1.29, 1.82) is 5.26 Å². The van der Waals surface area contributed by atoms with Gasteiger partial charge in [-0.1, -0.05) is 0 Å². The summed E-state index contributed by atoms with van der Waals surface area (Å²) in [5.41, 5.74) is 4.58. The lowest BCUT2D eigenvalue weighted by Gasteiger charge is -2.08. The van der Waals surface area contributed by atoms with E-state index in [1.165, 1.54) is 13.0 Å². The third kappa shape index (κ3) is 2.10. The predicted octanol–water partition coefficient (Wildman–Crippen LogP) is 2.28. The van der Waals surface area contributed by atoms with E-state index < -0.39 is 12.0 Å². The zero-order chi connectivity index (χ0) is 11.6. The fraction of sp³-hybridized carbons (Fsp3) is 0.200. The van der Waals surface area contributed by atoms with Crippen LogP contribution in [0.25, 0.3) is 0 Å². The molecule has 0 aliphatic carbocycles. The van der Waals surface area contributed by atoms with E-state index in [0.29, 0.717) is 0 Å². The van der Waals surface area contributed by atoms with Gasteiger partial charge in [-0.3, -0.25) is 4.79 Å². The molecule has 3 nitrogen and oxygen atoms in total. The highest BCUT2D eigenvalue weighted by molar-refractivity contribution is 5.95. The summed E-state index contributed by atoms with van der Waals surface area (Å²) in [7, 11) is 0. The highest BCUT2D eigenvalue weighted by Crippen LogP contribution is 2.29. The number of benzene rings is 1. The van der Waals surface area contributed by atoms with Crippen LogP contribution in [0.4, 0.5) is 14.5 Å². The number of nitrogens with two attached hydrogens (primary N) is 1. The van der Waals surface area contributed by atoms with E-state index in [9.17, 15) is 13.6 Å². The molecule has 0 aromatic heterocycles. The molecular formula is C10H8F2N2O. The average molecular weight is 210 g/mol. The number of anilines is 1. The van der Waals surface area contributed by atoms with Gasteiger partial charge in [-0.25, -0.2) is 8.78 Å². The number of nitrogens with zero attached hydrogens (tertiary/aromatic N) is 1. The molecule has 0 saturated heterocycles. The van der Waals surface area contributed by atoms with Crippen LogP contribution in [0, 0.1) is 11.3 Å². The Balaban J connectivity index is 3.47. The Bertz CT molecular complexity index is 449. The Kier molecular flexibility index (Phi) is 3.00. The van der Waals surface area contributed by atoms with Gasteiger partial charge in [-0.05, 0) is 19.1 Å².